The SMILES string of the molecule is Cn1cnc2cc(NC(=O)CC#N)ccc21. The number of hydrogen-bond donors (Lipinski definition) is 1. The van der Waals surface area contributed by atoms with Gasteiger partial charge in [0, 0.05) is 12.7 Å². The van der Waals surface area contributed by atoms with Gasteiger partial charge in [0.1, 0.15) is 6.42 Å². The molecule has 0 bridgehead atoms. The van der Waals surface area contributed by atoms with Gasteiger partial charge in [0.2, 0.25) is 5.91 Å². The van der Waals surface area contributed by atoms with Crippen LogP contribution in [-0.4, -0.2) is 15.5 Å². The second-order valence-corrected chi connectivity index (χ2v) is 3.44. The largest absolute Gasteiger partial charge is 0.334 e. The van der Waals surface area contributed by atoms with Gasteiger partial charge in [-0.15, -0.1) is 0 Å². The fraction of sp³-hybridized carbons (Fsp3) is 0.182. The van der Waals surface area contributed by atoms with E-state index in [0.29, 0.717) is 5.69 Å². The molecular weight excluding hydrogens is 204 g/mol. The number of amides is 1. The molecule has 0 saturated heterocycles. The number of aromatic nitrogens is 2. The molecule has 1 N–H and O–H groups in total. The molecule has 0 spiro atoms. The molecule has 1 aromatic heterocycles. The molecule has 1 heterocycles. The van der Waals surface area contributed by atoms with Crippen LogP contribution in [0.15, 0.2) is 24.5 Å². The summed E-state index contributed by atoms with van der Waals surface area (Å²) >= 11 is 0. The average Bonchev–Trinajstić information content (AvgIpc) is 2.60. The Morgan fingerprint density at radius 1 is 1.62 bits per heavy atom. The number of fused-ring (bicyclic) bond motifs is 1. The average molecular weight is 214 g/mol. The Bertz CT molecular complexity index is 579. The number of carbonyl (C=O) groups is 1. The number of nitrogens with zero attached hydrogens (tertiary/aromatic N) is 3. The Labute approximate surface area is 92.3 Å². The van der Waals surface area contributed by atoms with Gasteiger partial charge in [-0.25, -0.2) is 4.98 Å². The Morgan fingerprint density at radius 3 is 3.19 bits per heavy atom. The van der Waals surface area contributed by atoms with E-state index in [4.69, 9.17) is 5.26 Å². The highest BCUT2D eigenvalue weighted by Gasteiger charge is 2.04. The van der Waals surface area contributed by atoms with Crippen LogP contribution in [0, 0.1) is 11.3 Å². The molecule has 0 atom stereocenters. The summed E-state index contributed by atoms with van der Waals surface area (Å²) in [5.41, 5.74) is 2.47. The number of nitriles is 1. The molecule has 0 saturated carbocycles. The van der Waals surface area contributed by atoms with Crippen molar-refractivity contribution in [3.05, 3.63) is 24.5 Å². The van der Waals surface area contributed by atoms with Crippen LogP contribution in [0.4, 0.5) is 5.69 Å². The lowest BCUT2D eigenvalue weighted by atomic mass is 10.2. The fourth-order valence-corrected chi connectivity index (χ4v) is 1.49. The van der Waals surface area contributed by atoms with Crippen molar-refractivity contribution in [2.24, 2.45) is 7.05 Å². The van der Waals surface area contributed by atoms with Crippen LogP contribution in [0.5, 0.6) is 0 Å². The van der Waals surface area contributed by atoms with Gasteiger partial charge in [-0.05, 0) is 18.2 Å². The number of rotatable bonds is 2. The molecule has 5 nitrogen and oxygen atoms in total. The standard InChI is InChI=1S/C11H10N4O/c1-15-7-13-9-6-8(2-3-10(9)15)14-11(16)4-5-12/h2-3,6-7H,4H2,1H3,(H,14,16). The molecule has 0 aliphatic carbocycles. The van der Waals surface area contributed by atoms with E-state index >= 15 is 0 Å². The molecule has 0 aliphatic rings. The van der Waals surface area contributed by atoms with Crippen molar-refractivity contribution in [2.45, 2.75) is 6.42 Å². The number of nitrogens with one attached hydrogen (secondary N) is 1. The predicted octanol–water partition coefficient (Wildman–Crippen LogP) is 1.43. The number of imidazole rings is 1. The normalized spacial score (nSPS) is 10.0. The monoisotopic (exact) mass is 214 g/mol. The van der Waals surface area contributed by atoms with Crippen molar-refractivity contribution in [2.75, 3.05) is 5.32 Å². The van der Waals surface area contributed by atoms with Crippen LogP contribution in [0.2, 0.25) is 0 Å². The van der Waals surface area contributed by atoms with E-state index in [2.05, 4.69) is 10.3 Å². The summed E-state index contributed by atoms with van der Waals surface area (Å²) in [6, 6.07) is 7.25. The third-order valence-corrected chi connectivity index (χ3v) is 2.25. The van der Waals surface area contributed by atoms with Crippen LogP contribution in [0.25, 0.3) is 11.0 Å². The van der Waals surface area contributed by atoms with E-state index in [0.717, 1.165) is 11.0 Å². The van der Waals surface area contributed by atoms with Crippen LogP contribution >= 0.6 is 0 Å². The van der Waals surface area contributed by atoms with Gasteiger partial charge in [0.15, 0.2) is 0 Å². The van der Waals surface area contributed by atoms with Gasteiger partial charge >= 0.3 is 0 Å². The van der Waals surface area contributed by atoms with Crippen molar-refractivity contribution in [1.82, 2.24) is 9.55 Å². The fourth-order valence-electron chi connectivity index (χ4n) is 1.49. The van der Waals surface area contributed by atoms with Gasteiger partial charge in [-0.1, -0.05) is 0 Å². The maximum Gasteiger partial charge on any atom is 0.238 e. The van der Waals surface area contributed by atoms with Crippen LogP contribution < -0.4 is 5.32 Å². The summed E-state index contributed by atoms with van der Waals surface area (Å²) in [4.78, 5) is 15.4. The van der Waals surface area contributed by atoms with Crippen molar-refractivity contribution >= 4 is 22.6 Å². The van der Waals surface area contributed by atoms with Gasteiger partial charge in [-0.3, -0.25) is 4.79 Å². The lowest BCUT2D eigenvalue weighted by molar-refractivity contribution is -0.115. The number of carbonyl (C=O) groups excluding carboxylic acids is 1. The Balaban J connectivity index is 2.27. The predicted molar refractivity (Wildman–Crippen MR) is 59.6 cm³/mol. The van der Waals surface area contributed by atoms with E-state index in [1.54, 1.807) is 24.5 Å². The molecule has 1 amide bonds. The first-order chi connectivity index (χ1) is 7.70. The van der Waals surface area contributed by atoms with E-state index in [1.165, 1.54) is 0 Å². The second-order valence-electron chi connectivity index (χ2n) is 3.44. The zero-order valence-electron chi connectivity index (χ0n) is 8.77. The summed E-state index contributed by atoms with van der Waals surface area (Å²) in [5.74, 6) is -0.308. The zero-order chi connectivity index (χ0) is 11.5. The maximum absolute atomic E-state index is 11.2. The molecule has 1 aromatic carbocycles. The highest BCUT2D eigenvalue weighted by atomic mass is 16.1. The lowest BCUT2D eigenvalue weighted by Crippen LogP contribution is -2.09. The van der Waals surface area contributed by atoms with E-state index in [1.807, 2.05) is 17.7 Å². The minimum atomic E-state index is -0.308. The number of benzene rings is 1. The zero-order valence-corrected chi connectivity index (χ0v) is 8.77. The summed E-state index contributed by atoms with van der Waals surface area (Å²) in [5, 5.41) is 11.0. The minimum Gasteiger partial charge on any atom is -0.334 e. The summed E-state index contributed by atoms with van der Waals surface area (Å²) < 4.78 is 1.90. The lowest BCUT2D eigenvalue weighted by Gasteiger charge is -2.02. The highest BCUT2D eigenvalue weighted by molar-refractivity contribution is 5.94. The molecule has 0 aliphatic heterocycles. The molecular formula is C11H10N4O. The Hall–Kier alpha value is -2.35. The van der Waals surface area contributed by atoms with Gasteiger partial charge in [0.25, 0.3) is 0 Å². The van der Waals surface area contributed by atoms with E-state index in [9.17, 15) is 4.79 Å². The minimum absolute atomic E-state index is 0.139. The van der Waals surface area contributed by atoms with Gasteiger partial charge in [-0.2, -0.15) is 5.26 Å². The molecule has 2 rings (SSSR count). The molecule has 0 fully saturated rings. The topological polar surface area (TPSA) is 70.7 Å². The van der Waals surface area contributed by atoms with Crippen LogP contribution in [0.1, 0.15) is 6.42 Å². The van der Waals surface area contributed by atoms with Crippen LogP contribution in [-0.2, 0) is 11.8 Å². The molecule has 0 radical (unpaired) electrons. The van der Waals surface area contributed by atoms with Crippen LogP contribution in [0.3, 0.4) is 0 Å². The highest BCUT2D eigenvalue weighted by Crippen LogP contribution is 2.17. The van der Waals surface area contributed by atoms with Gasteiger partial charge < -0.3 is 9.88 Å². The summed E-state index contributed by atoms with van der Waals surface area (Å²) in [7, 11) is 1.91. The van der Waals surface area contributed by atoms with Gasteiger partial charge in [0.05, 0.1) is 23.4 Å². The molecule has 16 heavy (non-hydrogen) atoms. The smallest absolute Gasteiger partial charge is 0.238 e. The maximum atomic E-state index is 11.2. The molecule has 0 unspecified atom stereocenters. The summed E-state index contributed by atoms with van der Waals surface area (Å²) in [6.45, 7) is 0. The molecule has 80 valence electrons. The van der Waals surface area contributed by atoms with Crippen molar-refractivity contribution in [3.63, 3.8) is 0 Å². The number of aryl methyl sites for hydroxylation is 1. The summed E-state index contributed by atoms with van der Waals surface area (Å²) in [6.07, 6.45) is 1.58. The third-order valence-electron chi connectivity index (χ3n) is 2.25. The van der Waals surface area contributed by atoms with Crippen molar-refractivity contribution in [3.8, 4) is 6.07 Å². The Kier molecular flexibility index (Phi) is 2.56. The first-order valence-corrected chi connectivity index (χ1v) is 4.78. The molecule has 5 heteroatoms. The third kappa shape index (κ3) is 1.86. The first kappa shape index (κ1) is 10.2. The van der Waals surface area contributed by atoms with Crippen molar-refractivity contribution < 1.29 is 4.79 Å². The second kappa shape index (κ2) is 4.03. The van der Waals surface area contributed by atoms with E-state index in [-0.39, 0.29) is 12.3 Å². The number of hydrogen-bond acceptors (Lipinski definition) is 3. The van der Waals surface area contributed by atoms with E-state index < -0.39 is 0 Å². The quantitative estimate of drug-likeness (QED) is 0.821. The Morgan fingerprint density at radius 2 is 2.44 bits per heavy atom. The van der Waals surface area contributed by atoms with Crippen molar-refractivity contribution in [1.29, 1.82) is 5.26 Å². The first-order valence-electron chi connectivity index (χ1n) is 4.78. The number of anilines is 1. The molecule has 2 aromatic rings.